The van der Waals surface area contributed by atoms with Gasteiger partial charge in [-0.15, -0.1) is 0 Å². The summed E-state index contributed by atoms with van der Waals surface area (Å²) in [5, 5.41) is 8.04. The summed E-state index contributed by atoms with van der Waals surface area (Å²) in [7, 11) is 0. The number of carbonyl (C=O) groups is 5. The highest BCUT2D eigenvalue weighted by Crippen LogP contribution is 2.61. The van der Waals surface area contributed by atoms with Gasteiger partial charge in [-0.2, -0.15) is 0 Å². The fourth-order valence-electron chi connectivity index (χ4n) is 11.9. The molecule has 0 aromatic rings. The van der Waals surface area contributed by atoms with Crippen LogP contribution in [0.4, 0.5) is 0 Å². The molecule has 10 nitrogen and oxygen atoms in total. The molecule has 388 valence electrons. The van der Waals surface area contributed by atoms with Crippen LogP contribution in [0.1, 0.15) is 277 Å². The van der Waals surface area contributed by atoms with E-state index >= 15 is 0 Å². The molecule has 1 atom stereocenters. The molecule has 0 aromatic carbocycles. The monoisotopic (exact) mass is 942 g/mol. The van der Waals surface area contributed by atoms with Crippen LogP contribution in [0.3, 0.4) is 0 Å². The Morgan fingerprint density at radius 1 is 0.448 bits per heavy atom. The molecule has 67 heavy (non-hydrogen) atoms. The Hall–Kier alpha value is -2.65. The van der Waals surface area contributed by atoms with E-state index in [0.717, 1.165) is 75.5 Å². The molecule has 3 amide bonds. The van der Waals surface area contributed by atoms with Crippen molar-refractivity contribution >= 4 is 29.7 Å². The third-order valence-corrected chi connectivity index (χ3v) is 15.4. The van der Waals surface area contributed by atoms with Crippen molar-refractivity contribution in [1.82, 2.24) is 16.0 Å². The Morgan fingerprint density at radius 2 is 0.791 bits per heavy atom. The Labute approximate surface area is 410 Å². The van der Waals surface area contributed by atoms with Gasteiger partial charge in [0.1, 0.15) is 6.04 Å². The van der Waals surface area contributed by atoms with Gasteiger partial charge in [0.15, 0.2) is 0 Å². The molecule has 0 unspecified atom stereocenters. The molecule has 4 saturated carbocycles. The Balaban J connectivity index is 1.27. The molecule has 4 aliphatic carbocycles. The van der Waals surface area contributed by atoms with E-state index in [1.165, 1.54) is 186 Å². The summed E-state index contributed by atoms with van der Waals surface area (Å²) in [5.74, 6) is 0.148. The van der Waals surface area contributed by atoms with Gasteiger partial charge in [-0.25, -0.2) is 4.79 Å². The smallest absolute Gasteiger partial charge is 0.328 e. The summed E-state index contributed by atoms with van der Waals surface area (Å²) in [6.45, 7) is 4.59. The van der Waals surface area contributed by atoms with Crippen LogP contribution in [-0.4, -0.2) is 62.0 Å². The minimum absolute atomic E-state index is 0.0277. The quantitative estimate of drug-likeness (QED) is 0.0408. The number of esters is 2. The number of hydrogen-bond acceptors (Lipinski definition) is 7. The summed E-state index contributed by atoms with van der Waals surface area (Å²) in [6.07, 6.45) is 48.4. The summed E-state index contributed by atoms with van der Waals surface area (Å²) < 4.78 is 11.1. The summed E-state index contributed by atoms with van der Waals surface area (Å²) in [6, 6.07) is -1.03. The fraction of sp³-hybridized carbons (Fsp3) is 0.912. The zero-order chi connectivity index (χ0) is 48.1. The average molecular weight is 942 g/mol. The molecule has 0 aliphatic heterocycles. The van der Waals surface area contributed by atoms with Crippen molar-refractivity contribution in [3.63, 3.8) is 0 Å². The fourth-order valence-corrected chi connectivity index (χ4v) is 11.9. The molecule has 4 bridgehead atoms. The third-order valence-electron chi connectivity index (χ3n) is 15.4. The first-order valence-electron chi connectivity index (χ1n) is 28.9. The minimum Gasteiger partial charge on any atom is -0.466 e. The highest BCUT2D eigenvalue weighted by molar-refractivity contribution is 5.90. The van der Waals surface area contributed by atoms with Gasteiger partial charge >= 0.3 is 11.9 Å². The topological polar surface area (TPSA) is 140 Å². The van der Waals surface area contributed by atoms with Gasteiger partial charge < -0.3 is 25.4 Å². The number of amides is 3. The first-order valence-corrected chi connectivity index (χ1v) is 28.9. The SMILES string of the molecule is CCCCCCCCCCCCCCCCCCOC(=O)CC[C@H](NC(=O)CNC(=O)CNC(=O)CC12CC3CC(CC(C3)C1)C2)C(=O)OCCCCCCCCCCCCCCCCCC. The molecule has 0 radical (unpaired) electrons. The van der Waals surface area contributed by atoms with Crippen molar-refractivity contribution < 1.29 is 33.4 Å². The normalized spacial score (nSPS) is 19.8. The van der Waals surface area contributed by atoms with Crippen LogP contribution >= 0.6 is 0 Å². The van der Waals surface area contributed by atoms with Gasteiger partial charge in [0, 0.05) is 12.8 Å². The lowest BCUT2D eigenvalue weighted by molar-refractivity contribution is -0.149. The lowest BCUT2D eigenvalue weighted by atomic mass is 9.49. The maximum atomic E-state index is 13.2. The van der Waals surface area contributed by atoms with E-state index < -0.39 is 29.8 Å². The van der Waals surface area contributed by atoms with Crippen LogP contribution in [-0.2, 0) is 33.4 Å². The van der Waals surface area contributed by atoms with Crippen molar-refractivity contribution in [2.24, 2.45) is 23.2 Å². The van der Waals surface area contributed by atoms with Crippen LogP contribution in [0.2, 0.25) is 0 Å². The van der Waals surface area contributed by atoms with Crippen molar-refractivity contribution in [2.75, 3.05) is 26.3 Å². The number of unbranched alkanes of at least 4 members (excludes halogenated alkanes) is 30. The van der Waals surface area contributed by atoms with Gasteiger partial charge in [-0.1, -0.05) is 206 Å². The second-order valence-electron chi connectivity index (χ2n) is 21.8. The Morgan fingerprint density at radius 3 is 1.19 bits per heavy atom. The van der Waals surface area contributed by atoms with Crippen molar-refractivity contribution in [3.05, 3.63) is 0 Å². The lowest BCUT2D eigenvalue weighted by Gasteiger charge is -2.56. The van der Waals surface area contributed by atoms with Crippen molar-refractivity contribution in [1.29, 1.82) is 0 Å². The molecule has 4 rings (SSSR count). The first-order chi connectivity index (χ1) is 32.7. The highest BCUT2D eigenvalue weighted by Gasteiger charge is 2.51. The van der Waals surface area contributed by atoms with E-state index in [4.69, 9.17) is 9.47 Å². The number of ether oxygens (including phenoxy) is 2. The van der Waals surface area contributed by atoms with Gasteiger partial charge in [0.05, 0.1) is 26.3 Å². The van der Waals surface area contributed by atoms with Crippen LogP contribution < -0.4 is 16.0 Å². The van der Waals surface area contributed by atoms with Crippen LogP contribution in [0.25, 0.3) is 0 Å². The van der Waals surface area contributed by atoms with Gasteiger partial charge in [-0.05, 0) is 81.0 Å². The van der Waals surface area contributed by atoms with Gasteiger partial charge in [0.25, 0.3) is 0 Å². The maximum Gasteiger partial charge on any atom is 0.328 e. The molecule has 4 aliphatic rings. The van der Waals surface area contributed by atoms with Crippen molar-refractivity contribution in [2.45, 2.75) is 283 Å². The second-order valence-corrected chi connectivity index (χ2v) is 21.8. The Kier molecular flexibility index (Phi) is 33.4. The van der Waals surface area contributed by atoms with E-state index in [-0.39, 0.29) is 43.9 Å². The second kappa shape index (κ2) is 38.1. The predicted molar refractivity (Wildman–Crippen MR) is 273 cm³/mol. The first kappa shape index (κ1) is 58.7. The molecular weight excluding hydrogens is 839 g/mol. The number of rotatable bonds is 45. The molecule has 4 fully saturated rings. The molecule has 0 saturated heterocycles. The minimum atomic E-state index is -1.03. The third kappa shape index (κ3) is 29.2. The molecule has 0 heterocycles. The molecular formula is C57H103N3O7. The van der Waals surface area contributed by atoms with Gasteiger partial charge in [-0.3, -0.25) is 19.2 Å². The Bertz CT molecular complexity index is 1290. The number of hydrogen-bond donors (Lipinski definition) is 3. The lowest BCUT2D eigenvalue weighted by Crippen LogP contribution is -2.49. The number of carbonyl (C=O) groups excluding carboxylic acids is 5. The summed E-state index contributed by atoms with van der Waals surface area (Å²) in [4.78, 5) is 64.5. The molecule has 3 N–H and O–H groups in total. The van der Waals surface area contributed by atoms with E-state index in [9.17, 15) is 24.0 Å². The predicted octanol–water partition coefficient (Wildman–Crippen LogP) is 13.7. The van der Waals surface area contributed by atoms with E-state index in [1.807, 2.05) is 0 Å². The molecule has 0 spiro atoms. The summed E-state index contributed by atoms with van der Waals surface area (Å²) >= 11 is 0. The van der Waals surface area contributed by atoms with Crippen molar-refractivity contribution in [3.8, 4) is 0 Å². The summed E-state index contributed by atoms with van der Waals surface area (Å²) in [5.41, 5.74) is 0.0860. The molecule has 10 heteroatoms. The standard InChI is InChI=1S/C57H103N3O7/c1-3-5-7-9-11-13-15-17-19-21-23-25-27-29-31-33-37-66-55(64)36-35-51(56(65)67-38-34-32-30-28-26-24-22-20-18-16-14-12-10-8-6-4-2)60-54(63)47-59-53(62)46-58-52(61)45-57-42-48-39-49(43-57)41-50(40-48)44-57/h48-51H,3-47H2,1-2H3,(H,58,61)(H,59,62)(H,60,63)/t48?,49?,50?,51-,57?/m0/s1. The number of nitrogens with one attached hydrogen (secondary N) is 3. The average Bonchev–Trinajstić information content (AvgIpc) is 3.30. The molecule has 0 aromatic heterocycles. The van der Waals surface area contributed by atoms with Crippen LogP contribution in [0, 0.1) is 23.2 Å². The zero-order valence-electron chi connectivity index (χ0n) is 43.5. The van der Waals surface area contributed by atoms with E-state index in [2.05, 4.69) is 29.8 Å². The van der Waals surface area contributed by atoms with Crippen LogP contribution in [0.15, 0.2) is 0 Å². The highest BCUT2D eigenvalue weighted by atomic mass is 16.5. The van der Waals surface area contributed by atoms with Gasteiger partial charge in [0.2, 0.25) is 17.7 Å². The maximum absolute atomic E-state index is 13.2. The van der Waals surface area contributed by atoms with E-state index in [1.54, 1.807) is 0 Å². The zero-order valence-corrected chi connectivity index (χ0v) is 43.5. The van der Waals surface area contributed by atoms with Crippen LogP contribution in [0.5, 0.6) is 0 Å². The largest absolute Gasteiger partial charge is 0.466 e. The van der Waals surface area contributed by atoms with E-state index in [0.29, 0.717) is 13.0 Å².